The molecular weight excluding hydrogens is 278 g/mol. The Morgan fingerprint density at radius 2 is 1.95 bits per heavy atom. The molecule has 2 aromatic carbocycles. The number of nitrogens with zero attached hydrogens (tertiary/aromatic N) is 2. The third-order valence-electron chi connectivity index (χ3n) is 3.03. The fourth-order valence-corrected chi connectivity index (χ4v) is 1.94. The van der Waals surface area contributed by atoms with E-state index in [1.807, 2.05) is 0 Å². The Kier molecular flexibility index (Phi) is 3.13. The average Bonchev–Trinajstić information content (AvgIpc) is 2.93. The predicted molar refractivity (Wildman–Crippen MR) is 71.5 cm³/mol. The van der Waals surface area contributed by atoms with Gasteiger partial charge in [-0.3, -0.25) is 0 Å². The summed E-state index contributed by atoms with van der Waals surface area (Å²) in [7, 11) is 0. The van der Waals surface area contributed by atoms with Crippen LogP contribution in [-0.4, -0.2) is 15.2 Å². The molecule has 0 aliphatic rings. The summed E-state index contributed by atoms with van der Waals surface area (Å²) in [6.07, 6.45) is 0. The summed E-state index contributed by atoms with van der Waals surface area (Å²) in [4.78, 5) is 3.99. The Hall–Kier alpha value is -2.76. The lowest BCUT2D eigenvalue weighted by Gasteiger charge is -2.02. The molecule has 0 amide bonds. The van der Waals surface area contributed by atoms with Crippen LogP contribution in [0.4, 0.5) is 8.78 Å². The Labute approximate surface area is 118 Å². The summed E-state index contributed by atoms with van der Waals surface area (Å²) >= 11 is 0. The highest BCUT2D eigenvalue weighted by Crippen LogP contribution is 2.29. The molecule has 4 nitrogen and oxygen atoms in total. The first-order chi connectivity index (χ1) is 10.1. The Morgan fingerprint density at radius 3 is 2.71 bits per heavy atom. The van der Waals surface area contributed by atoms with Crippen LogP contribution in [0, 0.1) is 18.6 Å². The van der Waals surface area contributed by atoms with Crippen molar-refractivity contribution in [2.75, 3.05) is 0 Å². The molecule has 0 aliphatic carbocycles. The van der Waals surface area contributed by atoms with E-state index in [-0.39, 0.29) is 28.6 Å². The lowest BCUT2D eigenvalue weighted by molar-refractivity contribution is 0.426. The van der Waals surface area contributed by atoms with Crippen LogP contribution < -0.4 is 0 Å². The number of halogens is 2. The van der Waals surface area contributed by atoms with Gasteiger partial charge in [-0.2, -0.15) is 4.98 Å². The molecule has 0 aliphatic heterocycles. The second kappa shape index (κ2) is 4.97. The first-order valence-corrected chi connectivity index (χ1v) is 6.14. The van der Waals surface area contributed by atoms with Crippen LogP contribution in [0.5, 0.6) is 5.75 Å². The molecule has 3 aromatic rings. The highest BCUT2D eigenvalue weighted by atomic mass is 19.1. The maximum atomic E-state index is 14.0. The van der Waals surface area contributed by atoms with Crippen LogP contribution in [0.2, 0.25) is 0 Å². The van der Waals surface area contributed by atoms with Crippen LogP contribution >= 0.6 is 0 Å². The van der Waals surface area contributed by atoms with Gasteiger partial charge < -0.3 is 9.63 Å². The van der Waals surface area contributed by atoms with E-state index in [0.717, 1.165) is 6.07 Å². The fourth-order valence-electron chi connectivity index (χ4n) is 1.94. The Balaban J connectivity index is 2.09. The number of aromatic nitrogens is 2. The van der Waals surface area contributed by atoms with Gasteiger partial charge >= 0.3 is 0 Å². The number of rotatable bonds is 2. The van der Waals surface area contributed by atoms with Crippen molar-refractivity contribution in [2.24, 2.45) is 0 Å². The van der Waals surface area contributed by atoms with Crippen molar-refractivity contribution in [2.45, 2.75) is 6.92 Å². The van der Waals surface area contributed by atoms with E-state index in [1.54, 1.807) is 12.1 Å². The van der Waals surface area contributed by atoms with Crippen LogP contribution in [0.25, 0.3) is 22.8 Å². The first-order valence-electron chi connectivity index (χ1n) is 6.14. The smallest absolute Gasteiger partial charge is 0.264 e. The molecule has 0 unspecified atom stereocenters. The molecular formula is C15H10F2N2O2. The summed E-state index contributed by atoms with van der Waals surface area (Å²) in [5.74, 6) is -1.58. The highest BCUT2D eigenvalue weighted by Gasteiger charge is 2.20. The molecule has 106 valence electrons. The summed E-state index contributed by atoms with van der Waals surface area (Å²) < 4.78 is 32.7. The number of aromatic hydroxyl groups is 1. The molecule has 0 atom stereocenters. The number of aryl methyl sites for hydroxylation is 1. The quantitative estimate of drug-likeness (QED) is 0.781. The molecule has 3 rings (SSSR count). The molecule has 6 heteroatoms. The number of benzene rings is 2. The van der Waals surface area contributed by atoms with Gasteiger partial charge in [0, 0.05) is 5.56 Å². The van der Waals surface area contributed by atoms with Gasteiger partial charge in [0.05, 0.1) is 0 Å². The second-order valence-electron chi connectivity index (χ2n) is 4.53. The number of phenolic OH excluding ortho intramolecular Hbond substituents is 1. The maximum absolute atomic E-state index is 14.0. The zero-order chi connectivity index (χ0) is 15.0. The van der Waals surface area contributed by atoms with Gasteiger partial charge in [-0.05, 0) is 30.7 Å². The second-order valence-corrected chi connectivity index (χ2v) is 4.53. The molecule has 1 heterocycles. The fraction of sp³-hybridized carbons (Fsp3) is 0.0667. The van der Waals surface area contributed by atoms with Gasteiger partial charge in [0.1, 0.15) is 22.9 Å². The normalized spacial score (nSPS) is 10.8. The number of phenols is 1. The summed E-state index contributed by atoms with van der Waals surface area (Å²) in [6, 6.07) is 8.65. The number of hydrogen-bond donors (Lipinski definition) is 1. The SMILES string of the molecule is Cc1ccc(F)c(-c2nc(-c3cccc(O)c3)no2)c1F. The minimum atomic E-state index is -0.774. The van der Waals surface area contributed by atoms with Crippen LogP contribution in [0.15, 0.2) is 40.9 Å². The van der Waals surface area contributed by atoms with E-state index in [9.17, 15) is 13.9 Å². The molecule has 0 saturated carbocycles. The number of hydrogen-bond acceptors (Lipinski definition) is 4. The Morgan fingerprint density at radius 1 is 1.14 bits per heavy atom. The summed E-state index contributed by atoms with van der Waals surface area (Å²) in [6.45, 7) is 1.52. The first kappa shape index (κ1) is 13.2. The zero-order valence-corrected chi connectivity index (χ0v) is 11.0. The molecule has 21 heavy (non-hydrogen) atoms. The zero-order valence-electron chi connectivity index (χ0n) is 11.0. The van der Waals surface area contributed by atoms with Crippen molar-refractivity contribution in [3.05, 3.63) is 53.6 Å². The molecule has 0 bridgehead atoms. The van der Waals surface area contributed by atoms with Crippen molar-refractivity contribution in [3.8, 4) is 28.6 Å². The predicted octanol–water partition coefficient (Wildman–Crippen LogP) is 3.70. The van der Waals surface area contributed by atoms with Crippen molar-refractivity contribution in [1.82, 2.24) is 10.1 Å². The van der Waals surface area contributed by atoms with E-state index < -0.39 is 11.6 Å². The molecule has 0 fully saturated rings. The average molecular weight is 288 g/mol. The van der Waals surface area contributed by atoms with Crippen molar-refractivity contribution in [1.29, 1.82) is 0 Å². The largest absolute Gasteiger partial charge is 0.508 e. The highest BCUT2D eigenvalue weighted by molar-refractivity contribution is 5.62. The molecule has 1 aromatic heterocycles. The van der Waals surface area contributed by atoms with Gasteiger partial charge in [-0.1, -0.05) is 23.4 Å². The van der Waals surface area contributed by atoms with E-state index in [1.165, 1.54) is 25.1 Å². The lowest BCUT2D eigenvalue weighted by atomic mass is 10.1. The van der Waals surface area contributed by atoms with E-state index in [4.69, 9.17) is 4.52 Å². The van der Waals surface area contributed by atoms with Gasteiger partial charge in [-0.25, -0.2) is 8.78 Å². The van der Waals surface area contributed by atoms with Crippen molar-refractivity contribution >= 4 is 0 Å². The van der Waals surface area contributed by atoms with Gasteiger partial charge in [0.2, 0.25) is 5.82 Å². The molecule has 0 radical (unpaired) electrons. The van der Waals surface area contributed by atoms with Gasteiger partial charge in [0.25, 0.3) is 5.89 Å². The van der Waals surface area contributed by atoms with Crippen molar-refractivity contribution < 1.29 is 18.4 Å². The van der Waals surface area contributed by atoms with Crippen LogP contribution in [-0.2, 0) is 0 Å². The van der Waals surface area contributed by atoms with Crippen LogP contribution in [0.3, 0.4) is 0 Å². The molecule has 0 spiro atoms. The summed E-state index contributed by atoms with van der Waals surface area (Å²) in [5.41, 5.74) is 0.413. The van der Waals surface area contributed by atoms with Crippen LogP contribution in [0.1, 0.15) is 5.56 Å². The van der Waals surface area contributed by atoms with Crippen molar-refractivity contribution in [3.63, 3.8) is 0 Å². The topological polar surface area (TPSA) is 59.2 Å². The van der Waals surface area contributed by atoms with Gasteiger partial charge in [-0.15, -0.1) is 0 Å². The third kappa shape index (κ3) is 2.35. The van der Waals surface area contributed by atoms with Gasteiger partial charge in [0.15, 0.2) is 0 Å². The monoisotopic (exact) mass is 288 g/mol. The standard InChI is InChI=1S/C15H10F2N2O2/c1-8-5-6-11(16)12(13(8)17)15-18-14(19-21-15)9-3-2-4-10(20)7-9/h2-7,20H,1H3. The van der Waals surface area contributed by atoms with E-state index in [2.05, 4.69) is 10.1 Å². The molecule has 1 N–H and O–H groups in total. The molecule has 0 saturated heterocycles. The van der Waals surface area contributed by atoms with E-state index in [0.29, 0.717) is 5.56 Å². The lowest BCUT2D eigenvalue weighted by Crippen LogP contribution is -1.93. The van der Waals surface area contributed by atoms with E-state index >= 15 is 0 Å². The third-order valence-corrected chi connectivity index (χ3v) is 3.03. The minimum Gasteiger partial charge on any atom is -0.508 e. The minimum absolute atomic E-state index is 0.0340. The summed E-state index contributed by atoms with van der Waals surface area (Å²) in [5, 5.41) is 13.1. The maximum Gasteiger partial charge on any atom is 0.264 e. The Bertz CT molecular complexity index is 815.